The summed E-state index contributed by atoms with van der Waals surface area (Å²) >= 11 is 0. The van der Waals surface area contributed by atoms with Gasteiger partial charge in [0.2, 0.25) is 11.7 Å². The van der Waals surface area contributed by atoms with Crippen molar-refractivity contribution in [3.63, 3.8) is 0 Å². The lowest BCUT2D eigenvalue weighted by molar-refractivity contribution is -0.145. The number of rotatable bonds is 4. The van der Waals surface area contributed by atoms with E-state index in [1.165, 1.54) is 0 Å². The van der Waals surface area contributed by atoms with Crippen molar-refractivity contribution in [3.05, 3.63) is 11.9 Å². The number of ether oxygens (including phenoxy) is 1. The zero-order valence-electron chi connectivity index (χ0n) is 8.16. The molecule has 0 aliphatic heterocycles. The van der Waals surface area contributed by atoms with E-state index in [1.54, 1.807) is 0 Å². The van der Waals surface area contributed by atoms with Gasteiger partial charge in [0.1, 0.15) is 5.82 Å². The zero-order valence-corrected chi connectivity index (χ0v) is 8.16. The van der Waals surface area contributed by atoms with Crippen LogP contribution in [0.3, 0.4) is 0 Å². The summed E-state index contributed by atoms with van der Waals surface area (Å²) in [6.45, 7) is -0.0586. The number of alkyl halides is 3. The molecule has 0 aliphatic rings. The first kappa shape index (κ1) is 12.5. The maximum Gasteiger partial charge on any atom is 0.451 e. The Morgan fingerprint density at radius 3 is 2.62 bits per heavy atom. The van der Waals surface area contributed by atoms with Crippen LogP contribution in [-0.2, 0) is 6.18 Å². The average Bonchev–Trinajstić information content (AvgIpc) is 2.16. The van der Waals surface area contributed by atoms with Crippen LogP contribution in [-0.4, -0.2) is 28.3 Å². The number of aromatic nitrogens is 2. The Kier molecular flexibility index (Phi) is 3.88. The molecule has 0 atom stereocenters. The number of anilines is 1. The van der Waals surface area contributed by atoms with Crippen molar-refractivity contribution in [2.24, 2.45) is 0 Å². The molecule has 1 rings (SSSR count). The second-order valence-corrected chi connectivity index (χ2v) is 2.88. The minimum Gasteiger partial charge on any atom is -0.477 e. The second kappa shape index (κ2) is 4.97. The lowest BCUT2D eigenvalue weighted by Crippen LogP contribution is -2.14. The van der Waals surface area contributed by atoms with Gasteiger partial charge < -0.3 is 15.6 Å². The number of nitrogens with two attached hydrogens (primary N) is 1. The summed E-state index contributed by atoms with van der Waals surface area (Å²) in [5.74, 6) is -1.92. The van der Waals surface area contributed by atoms with E-state index in [2.05, 4.69) is 9.97 Å². The van der Waals surface area contributed by atoms with Gasteiger partial charge in [0.25, 0.3) is 0 Å². The molecule has 0 aromatic carbocycles. The molecule has 0 saturated carbocycles. The van der Waals surface area contributed by atoms with Gasteiger partial charge in [-0.1, -0.05) is 0 Å². The average molecular weight is 237 g/mol. The molecule has 0 aliphatic carbocycles. The Morgan fingerprint density at radius 2 is 2.06 bits per heavy atom. The molecule has 0 fully saturated rings. The predicted molar refractivity (Wildman–Crippen MR) is 48.6 cm³/mol. The highest BCUT2D eigenvalue weighted by Crippen LogP contribution is 2.28. The monoisotopic (exact) mass is 237 g/mol. The Balaban J connectivity index is 2.82. The second-order valence-electron chi connectivity index (χ2n) is 2.88. The van der Waals surface area contributed by atoms with Crippen LogP contribution in [0.25, 0.3) is 0 Å². The molecule has 5 nitrogen and oxygen atoms in total. The molecule has 16 heavy (non-hydrogen) atoms. The lowest BCUT2D eigenvalue weighted by Gasteiger charge is -2.08. The largest absolute Gasteiger partial charge is 0.477 e. The van der Waals surface area contributed by atoms with Crippen LogP contribution in [0.15, 0.2) is 6.07 Å². The molecular formula is C8H10F3N3O2. The standard InChI is InChI=1S/C8H10F3N3O2/c9-8(10,11)7-13-5(12)4-6(14-7)16-3-1-2-15/h4,15H,1-3H2,(H2,12,13,14). The first-order chi connectivity index (χ1) is 7.43. The number of nitrogens with zero attached hydrogens (tertiary/aromatic N) is 2. The molecule has 90 valence electrons. The Bertz CT molecular complexity index is 357. The van der Waals surface area contributed by atoms with Gasteiger partial charge in [0, 0.05) is 19.1 Å². The van der Waals surface area contributed by atoms with Crippen LogP contribution in [0.5, 0.6) is 5.88 Å². The highest BCUT2D eigenvalue weighted by atomic mass is 19.4. The van der Waals surface area contributed by atoms with E-state index in [1.807, 2.05) is 0 Å². The predicted octanol–water partition coefficient (Wildman–Crippen LogP) is 0.839. The van der Waals surface area contributed by atoms with E-state index in [0.717, 1.165) is 6.07 Å². The van der Waals surface area contributed by atoms with E-state index in [0.29, 0.717) is 6.42 Å². The molecule has 0 radical (unpaired) electrons. The van der Waals surface area contributed by atoms with Crippen LogP contribution in [0.4, 0.5) is 19.0 Å². The van der Waals surface area contributed by atoms with Crippen molar-refractivity contribution in [2.45, 2.75) is 12.6 Å². The van der Waals surface area contributed by atoms with Gasteiger partial charge >= 0.3 is 6.18 Å². The van der Waals surface area contributed by atoms with Gasteiger partial charge in [-0.25, -0.2) is 4.98 Å². The summed E-state index contributed by atoms with van der Waals surface area (Å²) in [6, 6.07) is 1.09. The van der Waals surface area contributed by atoms with Crippen molar-refractivity contribution in [1.82, 2.24) is 9.97 Å². The lowest BCUT2D eigenvalue weighted by atomic mass is 10.5. The van der Waals surface area contributed by atoms with E-state index >= 15 is 0 Å². The first-order valence-corrected chi connectivity index (χ1v) is 4.39. The zero-order chi connectivity index (χ0) is 12.2. The Morgan fingerprint density at radius 1 is 1.38 bits per heavy atom. The number of aliphatic hydroxyl groups is 1. The molecule has 8 heteroatoms. The summed E-state index contributed by atoms with van der Waals surface area (Å²) in [5, 5.41) is 8.47. The quantitative estimate of drug-likeness (QED) is 0.758. The summed E-state index contributed by atoms with van der Waals surface area (Å²) < 4.78 is 41.7. The van der Waals surface area contributed by atoms with Gasteiger partial charge in [-0.3, -0.25) is 0 Å². The summed E-state index contributed by atoms with van der Waals surface area (Å²) in [7, 11) is 0. The fraction of sp³-hybridized carbons (Fsp3) is 0.500. The molecule has 0 saturated heterocycles. The Hall–Kier alpha value is -1.57. The van der Waals surface area contributed by atoms with E-state index in [4.69, 9.17) is 15.6 Å². The number of hydrogen-bond donors (Lipinski definition) is 2. The third kappa shape index (κ3) is 3.54. The molecule has 1 aromatic rings. The summed E-state index contributed by atoms with van der Waals surface area (Å²) in [5.41, 5.74) is 5.18. The smallest absolute Gasteiger partial charge is 0.451 e. The molecule has 1 heterocycles. The normalized spacial score (nSPS) is 11.5. The highest BCUT2D eigenvalue weighted by molar-refractivity contribution is 5.33. The molecule has 3 N–H and O–H groups in total. The number of nitrogen functional groups attached to an aromatic ring is 1. The minimum absolute atomic E-state index is 0.0598. The van der Waals surface area contributed by atoms with Crippen LogP contribution in [0.1, 0.15) is 12.2 Å². The van der Waals surface area contributed by atoms with Crippen LogP contribution in [0, 0.1) is 0 Å². The Labute approximate surface area is 89.1 Å². The maximum absolute atomic E-state index is 12.3. The van der Waals surface area contributed by atoms with Crippen molar-refractivity contribution in [2.75, 3.05) is 18.9 Å². The summed E-state index contributed by atoms with van der Waals surface area (Å²) in [4.78, 5) is 6.20. The molecule has 1 aromatic heterocycles. The SMILES string of the molecule is Nc1cc(OCCCO)nc(C(F)(F)F)n1. The number of hydrogen-bond acceptors (Lipinski definition) is 5. The van der Waals surface area contributed by atoms with E-state index in [9.17, 15) is 13.2 Å². The molecule has 0 spiro atoms. The molecule has 0 amide bonds. The van der Waals surface area contributed by atoms with E-state index in [-0.39, 0.29) is 24.9 Å². The topological polar surface area (TPSA) is 81.3 Å². The third-order valence-corrected chi connectivity index (χ3v) is 1.53. The van der Waals surface area contributed by atoms with Gasteiger partial charge in [-0.05, 0) is 0 Å². The third-order valence-electron chi connectivity index (χ3n) is 1.53. The van der Waals surface area contributed by atoms with Crippen molar-refractivity contribution < 1.29 is 23.0 Å². The van der Waals surface area contributed by atoms with Gasteiger partial charge in [-0.15, -0.1) is 0 Å². The molecular weight excluding hydrogens is 227 g/mol. The van der Waals surface area contributed by atoms with Gasteiger partial charge in [0.15, 0.2) is 0 Å². The van der Waals surface area contributed by atoms with Crippen LogP contribution >= 0.6 is 0 Å². The summed E-state index contributed by atoms with van der Waals surface area (Å²) in [6.07, 6.45) is -4.37. The number of aliphatic hydroxyl groups excluding tert-OH is 1. The van der Waals surface area contributed by atoms with Crippen LogP contribution < -0.4 is 10.5 Å². The highest BCUT2D eigenvalue weighted by Gasteiger charge is 2.35. The van der Waals surface area contributed by atoms with Crippen molar-refractivity contribution >= 4 is 5.82 Å². The molecule has 0 unspecified atom stereocenters. The minimum atomic E-state index is -4.66. The van der Waals surface area contributed by atoms with E-state index < -0.39 is 12.0 Å². The van der Waals surface area contributed by atoms with Crippen molar-refractivity contribution in [1.29, 1.82) is 0 Å². The van der Waals surface area contributed by atoms with Gasteiger partial charge in [-0.2, -0.15) is 18.2 Å². The fourth-order valence-electron chi connectivity index (χ4n) is 0.885. The van der Waals surface area contributed by atoms with Gasteiger partial charge in [0.05, 0.1) is 6.61 Å². The molecule has 0 bridgehead atoms. The maximum atomic E-state index is 12.3. The van der Waals surface area contributed by atoms with Crippen molar-refractivity contribution in [3.8, 4) is 5.88 Å². The first-order valence-electron chi connectivity index (χ1n) is 4.39. The van der Waals surface area contributed by atoms with Crippen LogP contribution in [0.2, 0.25) is 0 Å². The number of halogens is 3. The fourth-order valence-corrected chi connectivity index (χ4v) is 0.885.